The van der Waals surface area contributed by atoms with Crippen LogP contribution in [0.4, 0.5) is 0 Å². The Morgan fingerprint density at radius 3 is 1.48 bits per heavy atom. The number of allylic oxidation sites excluding steroid dienone is 1. The number of carbonyl (C=O) groups excluding carboxylic acids is 1. The van der Waals surface area contributed by atoms with Crippen molar-refractivity contribution in [3.05, 3.63) is 12.2 Å². The van der Waals surface area contributed by atoms with Gasteiger partial charge in [0, 0.05) is 12.2 Å². The molecule has 0 saturated heterocycles. The van der Waals surface area contributed by atoms with E-state index in [0.717, 1.165) is 38.5 Å². The second-order valence-corrected chi connectivity index (χ2v) is 49.4. The van der Waals surface area contributed by atoms with Gasteiger partial charge in [0.15, 0.2) is 33.3 Å². The summed E-state index contributed by atoms with van der Waals surface area (Å²) in [6.45, 7) is 58.8. The molecule has 5 saturated carbocycles. The van der Waals surface area contributed by atoms with E-state index in [4.69, 9.17) is 45.6 Å². The fourth-order valence-electron chi connectivity index (χ4n) is 14.5. The molecule has 418 valence electrons. The van der Waals surface area contributed by atoms with E-state index in [2.05, 4.69) is 155 Å². The Balaban J connectivity index is 0.000000361. The molecule has 5 aliphatic carbocycles. The minimum atomic E-state index is -1.83. The predicted molar refractivity (Wildman–Crippen MR) is 318 cm³/mol. The Morgan fingerprint density at radius 1 is 0.620 bits per heavy atom. The SMILES string of the molecule is C=C(CCCC(C)(C)O[Si](C)(C)C)C1CCC2[C@@H](O[Si](C)(C)C(C)(C)C)CCC[C@]12C.CCOC(=O)C1CC1(CCCC(C)(C)O[Si](C)(C)C)C1CCC2[C@@H](O[Si](C)(C)C(C)(C)C)CCC[C@@]21C.ClCCl. The van der Waals surface area contributed by atoms with Crippen molar-refractivity contribution in [2.24, 2.45) is 45.8 Å². The van der Waals surface area contributed by atoms with Gasteiger partial charge in [-0.25, -0.2) is 0 Å². The largest absolute Gasteiger partial charge is 0.466 e. The maximum Gasteiger partial charge on any atom is 0.309 e. The van der Waals surface area contributed by atoms with Crippen molar-refractivity contribution in [1.82, 2.24) is 0 Å². The maximum atomic E-state index is 13.1. The van der Waals surface area contributed by atoms with E-state index in [-0.39, 0.29) is 49.3 Å². The van der Waals surface area contributed by atoms with E-state index in [1.165, 1.54) is 76.2 Å². The fourth-order valence-corrected chi connectivity index (χ4v) is 20.8. The van der Waals surface area contributed by atoms with Gasteiger partial charge < -0.3 is 22.4 Å². The molecule has 0 aromatic heterocycles. The molecule has 5 aliphatic rings. The second-order valence-electron chi connectivity index (χ2n) is 30.3. The summed E-state index contributed by atoms with van der Waals surface area (Å²) in [4.78, 5) is 13.1. The number of hydrogen-bond donors (Lipinski definition) is 0. The first-order chi connectivity index (χ1) is 32.1. The van der Waals surface area contributed by atoms with Gasteiger partial charge in [0.2, 0.25) is 0 Å². The molecule has 6 nitrogen and oxygen atoms in total. The number of ether oxygens (including phenoxy) is 1. The first kappa shape index (κ1) is 65.8. The molecule has 0 aromatic carbocycles. The average molecular weight is 1100 g/mol. The summed E-state index contributed by atoms with van der Waals surface area (Å²) in [7, 11) is -6.66. The molecule has 0 heterocycles. The van der Waals surface area contributed by atoms with Gasteiger partial charge in [0.05, 0.1) is 29.1 Å². The molecular weight excluding hydrogens is 988 g/mol. The van der Waals surface area contributed by atoms with Crippen LogP contribution >= 0.6 is 23.2 Å². The Kier molecular flexibility index (Phi) is 22.9. The van der Waals surface area contributed by atoms with Crippen molar-refractivity contribution in [3.8, 4) is 0 Å². The molecule has 6 unspecified atom stereocenters. The van der Waals surface area contributed by atoms with E-state index in [0.29, 0.717) is 47.9 Å². The standard InChI is InChI=1S/C31H60O4Si2.C27H54O2Si2.CH2Cl2/c1-13-33-27(32)24-22-31(24,21-15-19-29(5,6)35-36(8,9)10)26-18-17-23-25(16-14-20-30(23,26)7)34-37(11,12)28(2,3)4;1-21(15-13-19-26(5,6)29-30(8,9)10)22-17-18-23-24(16-14-20-27(22,23)7)28-31(11,12)25(2,3)4;2-1-3/h23-26H,13-22H2,1-12H3;22-24H,1,13-20H2,2-12H3;1H2/t23?,24?,25-,26?,30-,31?;22?,23?,24-,27+;/m00./s1. The van der Waals surface area contributed by atoms with Gasteiger partial charge >= 0.3 is 5.97 Å². The van der Waals surface area contributed by atoms with Gasteiger partial charge in [-0.15, -0.1) is 23.2 Å². The van der Waals surface area contributed by atoms with Crippen molar-refractivity contribution in [3.63, 3.8) is 0 Å². The normalized spacial score (nSPS) is 31.6. The van der Waals surface area contributed by atoms with Gasteiger partial charge in [0.25, 0.3) is 0 Å². The summed E-state index contributed by atoms with van der Waals surface area (Å²) in [6.07, 6.45) is 21.4. The van der Waals surface area contributed by atoms with E-state index in [9.17, 15) is 4.79 Å². The first-order valence-electron chi connectivity index (χ1n) is 28.8. The highest BCUT2D eigenvalue weighted by Crippen LogP contribution is 2.72. The van der Waals surface area contributed by atoms with Gasteiger partial charge in [-0.05, 0) is 240 Å². The van der Waals surface area contributed by atoms with Crippen LogP contribution in [0, 0.1) is 45.8 Å². The van der Waals surface area contributed by atoms with Crippen LogP contribution in [0.1, 0.15) is 199 Å². The zero-order chi connectivity index (χ0) is 54.7. The Hall–Kier alpha value is 0.498. The van der Waals surface area contributed by atoms with Gasteiger partial charge in [0.1, 0.15) is 0 Å². The number of halogens is 2. The van der Waals surface area contributed by atoms with Crippen molar-refractivity contribution >= 4 is 62.4 Å². The van der Waals surface area contributed by atoms with Gasteiger partial charge in [-0.1, -0.05) is 86.8 Å². The van der Waals surface area contributed by atoms with Crippen LogP contribution in [-0.2, 0) is 27.2 Å². The molecule has 0 spiro atoms. The summed E-state index contributed by atoms with van der Waals surface area (Å²) in [5.74, 6) is 2.72. The summed E-state index contributed by atoms with van der Waals surface area (Å²) >= 11 is 9.53. The number of esters is 1. The Labute approximate surface area is 455 Å². The van der Waals surface area contributed by atoms with E-state index in [1.54, 1.807) is 0 Å². The fraction of sp³-hybridized carbons (Fsp3) is 0.949. The van der Waals surface area contributed by atoms with Crippen LogP contribution in [0.3, 0.4) is 0 Å². The highest BCUT2D eigenvalue weighted by atomic mass is 35.5. The lowest BCUT2D eigenvalue weighted by Crippen LogP contribution is -2.50. The van der Waals surface area contributed by atoms with Gasteiger partial charge in [-0.3, -0.25) is 4.79 Å². The molecule has 12 heteroatoms. The molecular formula is C59H116Cl2O6Si4. The smallest absolute Gasteiger partial charge is 0.309 e. The molecule has 0 radical (unpaired) electrons. The van der Waals surface area contributed by atoms with Crippen molar-refractivity contribution < 1.29 is 27.2 Å². The summed E-state index contributed by atoms with van der Waals surface area (Å²) in [6, 6.07) is 0. The number of alkyl halides is 2. The molecule has 0 aliphatic heterocycles. The van der Waals surface area contributed by atoms with Crippen LogP contribution in [-0.4, -0.2) is 74.6 Å². The number of rotatable bonds is 20. The molecule has 71 heavy (non-hydrogen) atoms. The van der Waals surface area contributed by atoms with Crippen LogP contribution in [0.15, 0.2) is 12.2 Å². The molecule has 0 bridgehead atoms. The van der Waals surface area contributed by atoms with E-state index in [1.807, 2.05) is 6.92 Å². The monoisotopic (exact) mass is 1100 g/mol. The minimum Gasteiger partial charge on any atom is -0.466 e. The summed E-state index contributed by atoms with van der Waals surface area (Å²) in [5.41, 5.74) is 2.13. The van der Waals surface area contributed by atoms with E-state index >= 15 is 0 Å². The highest BCUT2D eigenvalue weighted by molar-refractivity contribution is 6.74. The highest BCUT2D eigenvalue weighted by Gasteiger charge is 2.69. The zero-order valence-corrected chi connectivity index (χ0v) is 56.4. The lowest BCUT2D eigenvalue weighted by Gasteiger charge is -2.50. The maximum absolute atomic E-state index is 13.1. The lowest BCUT2D eigenvalue weighted by molar-refractivity contribution is -0.146. The average Bonchev–Trinajstić information content (AvgIpc) is 3.59. The van der Waals surface area contributed by atoms with Crippen molar-refractivity contribution in [1.29, 1.82) is 0 Å². The third-order valence-electron chi connectivity index (χ3n) is 19.4. The zero-order valence-electron chi connectivity index (χ0n) is 50.9. The Bertz CT molecular complexity index is 1710. The number of hydrogen-bond acceptors (Lipinski definition) is 6. The molecule has 0 N–H and O–H groups in total. The quantitative estimate of drug-likeness (QED) is 0.0524. The van der Waals surface area contributed by atoms with Crippen LogP contribution in [0.5, 0.6) is 0 Å². The predicted octanol–water partition coefficient (Wildman–Crippen LogP) is 19.3. The minimum absolute atomic E-state index is 0.0141. The van der Waals surface area contributed by atoms with Crippen LogP contribution in [0.25, 0.3) is 0 Å². The molecule has 10 atom stereocenters. The van der Waals surface area contributed by atoms with Crippen LogP contribution < -0.4 is 0 Å². The van der Waals surface area contributed by atoms with Gasteiger partial charge in [-0.2, -0.15) is 0 Å². The number of carbonyl (C=O) groups is 1. The topological polar surface area (TPSA) is 63.2 Å². The second kappa shape index (κ2) is 24.7. The van der Waals surface area contributed by atoms with Crippen molar-refractivity contribution in [2.75, 3.05) is 11.9 Å². The number of fused-ring (bicyclic) bond motifs is 2. The summed E-state index contributed by atoms with van der Waals surface area (Å²) < 4.78 is 32.7. The molecule has 5 rings (SSSR count). The lowest BCUT2D eigenvalue weighted by atomic mass is 9.59. The van der Waals surface area contributed by atoms with Crippen LogP contribution in [0.2, 0.25) is 75.5 Å². The third kappa shape index (κ3) is 17.5. The summed E-state index contributed by atoms with van der Waals surface area (Å²) in [5, 5.41) is 0.712. The van der Waals surface area contributed by atoms with E-state index < -0.39 is 33.3 Å². The molecule has 0 amide bonds. The molecule has 5 fully saturated rings. The first-order valence-corrected chi connectivity index (χ1v) is 42.5. The van der Waals surface area contributed by atoms with Crippen molar-refractivity contribution in [2.45, 2.75) is 298 Å². The molecule has 0 aromatic rings. The third-order valence-corrected chi connectivity index (χ3v) is 30.7. The Morgan fingerprint density at radius 2 is 1.04 bits per heavy atom.